The molecule has 1 aromatic rings. The van der Waals surface area contributed by atoms with E-state index in [1.807, 2.05) is 25.1 Å². The maximum atomic E-state index is 13.8. The second-order valence-electron chi connectivity index (χ2n) is 7.08. The highest BCUT2D eigenvalue weighted by molar-refractivity contribution is 7.93. The predicted molar refractivity (Wildman–Crippen MR) is 103 cm³/mol. The highest BCUT2D eigenvalue weighted by Crippen LogP contribution is 2.43. The van der Waals surface area contributed by atoms with Gasteiger partial charge in [0.15, 0.2) is 9.84 Å². The van der Waals surface area contributed by atoms with Gasteiger partial charge in [0.1, 0.15) is 10.5 Å². The number of allylic oxidation sites excluding steroid dienone is 1. The Balaban J connectivity index is 2.57. The summed E-state index contributed by atoms with van der Waals surface area (Å²) in [7, 11) is -3.52. The minimum absolute atomic E-state index is 0.417. The van der Waals surface area contributed by atoms with Gasteiger partial charge < -0.3 is 4.74 Å². The lowest BCUT2D eigenvalue weighted by molar-refractivity contribution is 0.158. The smallest absolute Gasteiger partial charge is 0.191 e. The zero-order valence-electron chi connectivity index (χ0n) is 15.9. The molecule has 0 spiro atoms. The molecule has 1 aromatic carbocycles. The molecule has 0 atom stereocenters. The molecular formula is C21H32O3S. The van der Waals surface area contributed by atoms with Crippen LogP contribution in [0.5, 0.6) is 0 Å². The number of aryl methyl sites for hydroxylation is 1. The Hall–Kier alpha value is -1.29. The molecule has 1 aliphatic rings. The Morgan fingerprint density at radius 1 is 1.04 bits per heavy atom. The van der Waals surface area contributed by atoms with Gasteiger partial charge in [-0.05, 0) is 50.8 Å². The van der Waals surface area contributed by atoms with E-state index in [1.165, 1.54) is 0 Å². The van der Waals surface area contributed by atoms with E-state index in [0.29, 0.717) is 30.1 Å². The van der Waals surface area contributed by atoms with Crippen molar-refractivity contribution in [2.45, 2.75) is 81.8 Å². The SMILES string of the molecule is CCCCC(CCCC)(C1=CCCCO1)S(=O)(=O)c1ccc(C)cc1. The van der Waals surface area contributed by atoms with Crippen molar-refractivity contribution in [3.8, 4) is 0 Å². The van der Waals surface area contributed by atoms with Crippen LogP contribution >= 0.6 is 0 Å². The number of hydrogen-bond donors (Lipinski definition) is 0. The quantitative estimate of drug-likeness (QED) is 0.574. The molecular weight excluding hydrogens is 332 g/mol. The van der Waals surface area contributed by atoms with E-state index in [-0.39, 0.29) is 0 Å². The lowest BCUT2D eigenvalue weighted by Gasteiger charge is -2.37. The van der Waals surface area contributed by atoms with Crippen molar-refractivity contribution in [1.82, 2.24) is 0 Å². The van der Waals surface area contributed by atoms with Gasteiger partial charge in [0, 0.05) is 0 Å². The minimum Gasteiger partial charge on any atom is -0.497 e. The van der Waals surface area contributed by atoms with E-state index >= 15 is 0 Å². The second kappa shape index (κ2) is 8.88. The predicted octanol–water partition coefficient (Wildman–Crippen LogP) is 5.58. The van der Waals surface area contributed by atoms with E-state index < -0.39 is 14.6 Å². The second-order valence-corrected chi connectivity index (χ2v) is 9.34. The molecule has 1 heterocycles. The van der Waals surface area contributed by atoms with Gasteiger partial charge in [-0.25, -0.2) is 8.42 Å². The van der Waals surface area contributed by atoms with E-state index in [1.54, 1.807) is 12.1 Å². The Morgan fingerprint density at radius 2 is 1.64 bits per heavy atom. The van der Waals surface area contributed by atoms with Gasteiger partial charge in [0.2, 0.25) is 0 Å². The first-order chi connectivity index (χ1) is 12.0. The maximum absolute atomic E-state index is 13.8. The highest BCUT2D eigenvalue weighted by atomic mass is 32.2. The Labute approximate surface area is 153 Å². The first kappa shape index (κ1) is 20.0. The van der Waals surface area contributed by atoms with Gasteiger partial charge in [0.25, 0.3) is 0 Å². The molecule has 4 heteroatoms. The summed E-state index contributed by atoms with van der Waals surface area (Å²) in [6.07, 6.45) is 8.88. The van der Waals surface area contributed by atoms with Crippen molar-refractivity contribution in [3.63, 3.8) is 0 Å². The first-order valence-corrected chi connectivity index (χ1v) is 11.1. The molecule has 0 unspecified atom stereocenters. The lowest BCUT2D eigenvalue weighted by Crippen LogP contribution is -2.42. The topological polar surface area (TPSA) is 43.4 Å². The largest absolute Gasteiger partial charge is 0.497 e. The standard InChI is InChI=1S/C21H32O3S/c1-4-6-15-21(16-7-5-2,20-10-8-9-17-24-20)25(22,23)19-13-11-18(3)12-14-19/h10-14H,4-9,15-17H2,1-3H3. The Morgan fingerprint density at radius 3 is 2.12 bits per heavy atom. The fourth-order valence-corrected chi connectivity index (χ4v) is 5.69. The monoisotopic (exact) mass is 364 g/mol. The molecule has 0 amide bonds. The third-order valence-electron chi connectivity index (χ3n) is 5.10. The van der Waals surface area contributed by atoms with Crippen LogP contribution in [0.4, 0.5) is 0 Å². The molecule has 3 nitrogen and oxygen atoms in total. The van der Waals surface area contributed by atoms with E-state index in [9.17, 15) is 8.42 Å². The lowest BCUT2D eigenvalue weighted by atomic mass is 9.91. The number of hydrogen-bond acceptors (Lipinski definition) is 3. The van der Waals surface area contributed by atoms with Gasteiger partial charge in [-0.15, -0.1) is 0 Å². The summed E-state index contributed by atoms with van der Waals surface area (Å²) >= 11 is 0. The normalized spacial score (nSPS) is 15.6. The number of benzene rings is 1. The average Bonchev–Trinajstić information content (AvgIpc) is 2.63. The molecule has 0 aliphatic carbocycles. The van der Waals surface area contributed by atoms with Crippen LogP contribution in [0.2, 0.25) is 0 Å². The molecule has 1 aliphatic heterocycles. The molecule has 2 rings (SSSR count). The summed E-state index contributed by atoms with van der Waals surface area (Å²) in [5.41, 5.74) is 1.07. The summed E-state index contributed by atoms with van der Waals surface area (Å²) in [4.78, 5) is 0.417. The molecule has 0 aromatic heterocycles. The summed E-state index contributed by atoms with van der Waals surface area (Å²) in [6, 6.07) is 7.27. The fraction of sp³-hybridized carbons (Fsp3) is 0.619. The summed E-state index contributed by atoms with van der Waals surface area (Å²) in [6.45, 7) is 6.82. The van der Waals surface area contributed by atoms with Gasteiger partial charge in [-0.3, -0.25) is 0 Å². The van der Waals surface area contributed by atoms with Crippen molar-refractivity contribution in [2.75, 3.05) is 6.61 Å². The van der Waals surface area contributed by atoms with Crippen molar-refractivity contribution < 1.29 is 13.2 Å². The van der Waals surface area contributed by atoms with Crippen LogP contribution in [0.25, 0.3) is 0 Å². The van der Waals surface area contributed by atoms with Gasteiger partial charge >= 0.3 is 0 Å². The van der Waals surface area contributed by atoms with Crippen LogP contribution in [-0.2, 0) is 14.6 Å². The van der Waals surface area contributed by atoms with Gasteiger partial charge in [-0.1, -0.05) is 57.2 Å². The average molecular weight is 365 g/mol. The van der Waals surface area contributed by atoms with Crippen molar-refractivity contribution in [3.05, 3.63) is 41.7 Å². The van der Waals surface area contributed by atoms with Gasteiger partial charge in [0.05, 0.1) is 11.5 Å². The number of sulfone groups is 1. The summed E-state index contributed by atoms with van der Waals surface area (Å²) in [5.74, 6) is 0.696. The third kappa shape index (κ3) is 4.28. The highest BCUT2D eigenvalue weighted by Gasteiger charge is 2.48. The molecule has 0 fully saturated rings. The van der Waals surface area contributed by atoms with Crippen molar-refractivity contribution in [2.24, 2.45) is 0 Å². The zero-order chi connectivity index (χ0) is 18.3. The van der Waals surface area contributed by atoms with Crippen LogP contribution in [-0.4, -0.2) is 19.8 Å². The fourth-order valence-electron chi connectivity index (χ4n) is 3.52. The van der Waals surface area contributed by atoms with Gasteiger partial charge in [-0.2, -0.15) is 0 Å². The maximum Gasteiger partial charge on any atom is 0.191 e. The molecule has 0 saturated heterocycles. The first-order valence-electron chi connectivity index (χ1n) is 9.62. The zero-order valence-corrected chi connectivity index (χ0v) is 16.7. The third-order valence-corrected chi connectivity index (χ3v) is 7.63. The van der Waals surface area contributed by atoms with Crippen LogP contribution in [0, 0.1) is 6.92 Å². The van der Waals surface area contributed by atoms with E-state index in [0.717, 1.165) is 44.1 Å². The number of rotatable bonds is 9. The van der Waals surface area contributed by atoms with Crippen molar-refractivity contribution in [1.29, 1.82) is 0 Å². The summed E-state index contributed by atoms with van der Waals surface area (Å²) < 4.78 is 32.5. The van der Waals surface area contributed by atoms with Crippen LogP contribution < -0.4 is 0 Å². The van der Waals surface area contributed by atoms with Crippen LogP contribution in [0.3, 0.4) is 0 Å². The molecule has 140 valence electrons. The van der Waals surface area contributed by atoms with Crippen LogP contribution in [0.1, 0.15) is 70.8 Å². The number of unbranched alkanes of at least 4 members (excludes halogenated alkanes) is 2. The minimum atomic E-state index is -3.52. The summed E-state index contributed by atoms with van der Waals surface area (Å²) in [5, 5.41) is 0. The Kier molecular flexibility index (Phi) is 7.12. The number of ether oxygens (including phenoxy) is 1. The molecule has 25 heavy (non-hydrogen) atoms. The molecule has 0 bridgehead atoms. The van der Waals surface area contributed by atoms with E-state index in [2.05, 4.69) is 13.8 Å². The molecule has 0 N–H and O–H groups in total. The van der Waals surface area contributed by atoms with Crippen LogP contribution in [0.15, 0.2) is 41.0 Å². The molecule has 0 saturated carbocycles. The molecule has 0 radical (unpaired) electrons. The van der Waals surface area contributed by atoms with Crippen molar-refractivity contribution >= 4 is 9.84 Å². The van der Waals surface area contributed by atoms with E-state index in [4.69, 9.17) is 4.74 Å². The Bertz CT molecular complexity index is 664.